The van der Waals surface area contributed by atoms with Crippen LogP contribution >= 0.6 is 0 Å². The zero-order valence-electron chi connectivity index (χ0n) is 18.1. The zero-order valence-corrected chi connectivity index (χ0v) is 18.1. The van der Waals surface area contributed by atoms with Crippen LogP contribution in [0.1, 0.15) is 57.1 Å². The summed E-state index contributed by atoms with van der Waals surface area (Å²) in [5, 5.41) is 0. The van der Waals surface area contributed by atoms with Crippen molar-refractivity contribution in [2.24, 2.45) is 5.92 Å². The van der Waals surface area contributed by atoms with Gasteiger partial charge in [0.25, 0.3) is 0 Å². The van der Waals surface area contributed by atoms with Gasteiger partial charge < -0.3 is 0 Å². The van der Waals surface area contributed by atoms with Crippen LogP contribution in [-0.4, -0.2) is 0 Å². The molecule has 0 radical (unpaired) electrons. The van der Waals surface area contributed by atoms with E-state index in [1.165, 1.54) is 30.4 Å². The van der Waals surface area contributed by atoms with Crippen LogP contribution in [-0.2, 0) is 6.42 Å². The SMILES string of the molecule is CCCC1CC=C(c2ccc(-c3ccccc3)c(-c3ccc(CC)cc3)c2F)CC1. The summed E-state index contributed by atoms with van der Waals surface area (Å²) in [5.41, 5.74) is 6.90. The Morgan fingerprint density at radius 3 is 2.20 bits per heavy atom. The largest absolute Gasteiger partial charge is 0.206 e. The predicted octanol–water partition coefficient (Wildman–Crippen LogP) is 8.71. The van der Waals surface area contributed by atoms with Crippen molar-refractivity contribution in [3.05, 3.63) is 89.8 Å². The Morgan fingerprint density at radius 2 is 1.57 bits per heavy atom. The van der Waals surface area contributed by atoms with E-state index in [9.17, 15) is 0 Å². The molecule has 3 aromatic rings. The molecule has 0 heterocycles. The van der Waals surface area contributed by atoms with Crippen LogP contribution in [0.5, 0.6) is 0 Å². The van der Waals surface area contributed by atoms with E-state index in [-0.39, 0.29) is 5.82 Å². The van der Waals surface area contributed by atoms with Crippen LogP contribution in [0.3, 0.4) is 0 Å². The highest BCUT2D eigenvalue weighted by Crippen LogP contribution is 2.40. The molecule has 1 unspecified atom stereocenters. The lowest BCUT2D eigenvalue weighted by Crippen LogP contribution is -2.06. The van der Waals surface area contributed by atoms with Gasteiger partial charge in [0.2, 0.25) is 0 Å². The summed E-state index contributed by atoms with van der Waals surface area (Å²) in [6, 6.07) is 22.6. The Bertz CT molecular complexity index is 1010. The maximum atomic E-state index is 16.1. The van der Waals surface area contributed by atoms with Crippen molar-refractivity contribution >= 4 is 5.57 Å². The maximum Gasteiger partial charge on any atom is 0.139 e. The molecule has 1 aliphatic rings. The van der Waals surface area contributed by atoms with Crippen molar-refractivity contribution in [2.75, 3.05) is 0 Å². The Hall–Kier alpha value is -2.67. The van der Waals surface area contributed by atoms with Gasteiger partial charge in [0.15, 0.2) is 0 Å². The Labute approximate surface area is 180 Å². The van der Waals surface area contributed by atoms with Crippen molar-refractivity contribution in [1.82, 2.24) is 0 Å². The van der Waals surface area contributed by atoms with Crippen molar-refractivity contribution < 1.29 is 4.39 Å². The molecule has 154 valence electrons. The van der Waals surface area contributed by atoms with E-state index in [0.29, 0.717) is 0 Å². The molecule has 4 rings (SSSR count). The molecule has 30 heavy (non-hydrogen) atoms. The first-order valence-electron chi connectivity index (χ1n) is 11.4. The average molecular weight is 399 g/mol. The third kappa shape index (κ3) is 4.26. The van der Waals surface area contributed by atoms with E-state index >= 15 is 4.39 Å². The molecule has 1 heteroatoms. The van der Waals surface area contributed by atoms with Gasteiger partial charge in [-0.2, -0.15) is 0 Å². The quantitative estimate of drug-likeness (QED) is 0.389. The molecular weight excluding hydrogens is 367 g/mol. The molecule has 0 aliphatic heterocycles. The molecule has 0 saturated heterocycles. The van der Waals surface area contributed by atoms with Crippen LogP contribution in [0, 0.1) is 11.7 Å². The molecule has 0 nitrogen and oxygen atoms in total. The molecule has 0 aromatic heterocycles. The second kappa shape index (κ2) is 9.43. The lowest BCUT2D eigenvalue weighted by molar-refractivity contribution is 0.444. The topological polar surface area (TPSA) is 0 Å². The van der Waals surface area contributed by atoms with E-state index in [1.54, 1.807) is 0 Å². The number of rotatable bonds is 6. The Kier molecular flexibility index (Phi) is 6.47. The minimum absolute atomic E-state index is 0.0826. The third-order valence-electron chi connectivity index (χ3n) is 6.44. The minimum Gasteiger partial charge on any atom is -0.206 e. The lowest BCUT2D eigenvalue weighted by Gasteiger charge is -2.23. The normalized spacial score (nSPS) is 16.4. The molecule has 1 atom stereocenters. The summed E-state index contributed by atoms with van der Waals surface area (Å²) in [6.07, 6.45) is 8.98. The van der Waals surface area contributed by atoms with Crippen molar-refractivity contribution in [1.29, 1.82) is 0 Å². The van der Waals surface area contributed by atoms with E-state index in [0.717, 1.165) is 53.0 Å². The molecule has 0 fully saturated rings. The summed E-state index contributed by atoms with van der Waals surface area (Å²) < 4.78 is 16.1. The first kappa shape index (κ1) is 20.6. The number of aryl methyl sites for hydroxylation is 1. The van der Waals surface area contributed by atoms with Crippen molar-refractivity contribution in [2.45, 2.75) is 52.4 Å². The summed E-state index contributed by atoms with van der Waals surface area (Å²) in [6.45, 7) is 4.39. The second-order valence-corrected chi connectivity index (χ2v) is 8.42. The molecule has 1 aliphatic carbocycles. The van der Waals surface area contributed by atoms with Crippen LogP contribution in [0.4, 0.5) is 4.39 Å². The van der Waals surface area contributed by atoms with E-state index < -0.39 is 0 Å². The van der Waals surface area contributed by atoms with E-state index in [1.807, 2.05) is 24.3 Å². The predicted molar refractivity (Wildman–Crippen MR) is 127 cm³/mol. The van der Waals surface area contributed by atoms with E-state index in [4.69, 9.17) is 0 Å². The number of benzene rings is 3. The van der Waals surface area contributed by atoms with Gasteiger partial charge in [-0.15, -0.1) is 0 Å². The van der Waals surface area contributed by atoms with Crippen LogP contribution in [0.25, 0.3) is 27.8 Å². The summed E-state index contributed by atoms with van der Waals surface area (Å²) >= 11 is 0. The van der Waals surface area contributed by atoms with Crippen molar-refractivity contribution in [3.8, 4) is 22.3 Å². The van der Waals surface area contributed by atoms with Gasteiger partial charge in [0.1, 0.15) is 5.82 Å². The molecule has 0 saturated carbocycles. The van der Waals surface area contributed by atoms with Gasteiger partial charge in [-0.1, -0.05) is 99.5 Å². The Balaban J connectivity index is 1.81. The van der Waals surface area contributed by atoms with Crippen LogP contribution < -0.4 is 0 Å². The average Bonchev–Trinajstić information content (AvgIpc) is 2.80. The fourth-order valence-corrected chi connectivity index (χ4v) is 4.68. The van der Waals surface area contributed by atoms with E-state index in [2.05, 4.69) is 62.4 Å². The summed E-state index contributed by atoms with van der Waals surface area (Å²) in [4.78, 5) is 0. The number of hydrogen-bond donors (Lipinski definition) is 0. The van der Waals surface area contributed by atoms with Gasteiger partial charge in [-0.3, -0.25) is 0 Å². The molecule has 0 N–H and O–H groups in total. The molecule has 3 aromatic carbocycles. The van der Waals surface area contributed by atoms with Gasteiger partial charge in [0.05, 0.1) is 0 Å². The highest BCUT2D eigenvalue weighted by atomic mass is 19.1. The minimum atomic E-state index is -0.0826. The van der Waals surface area contributed by atoms with Gasteiger partial charge in [-0.25, -0.2) is 4.39 Å². The highest BCUT2D eigenvalue weighted by molar-refractivity contribution is 5.87. The number of hydrogen-bond acceptors (Lipinski definition) is 0. The van der Waals surface area contributed by atoms with Gasteiger partial charge in [0, 0.05) is 11.1 Å². The van der Waals surface area contributed by atoms with Gasteiger partial charge in [-0.05, 0) is 59.4 Å². The summed E-state index contributed by atoms with van der Waals surface area (Å²) in [7, 11) is 0. The van der Waals surface area contributed by atoms with Crippen LogP contribution in [0.15, 0.2) is 72.8 Å². The van der Waals surface area contributed by atoms with Crippen molar-refractivity contribution in [3.63, 3.8) is 0 Å². The molecule has 0 bridgehead atoms. The standard InChI is InChI=1S/C29H31F/c1-3-8-22-13-15-24(16-14-22)27-20-19-26(23-9-6-5-7-10-23)28(29(27)30)25-17-11-21(4-2)12-18-25/h5-7,9-12,15,17-20,22H,3-4,8,13-14,16H2,1-2H3. The smallest absolute Gasteiger partial charge is 0.139 e. The Morgan fingerprint density at radius 1 is 0.833 bits per heavy atom. The van der Waals surface area contributed by atoms with Crippen LogP contribution in [0.2, 0.25) is 0 Å². The molecule has 0 amide bonds. The highest BCUT2D eigenvalue weighted by Gasteiger charge is 2.21. The zero-order chi connectivity index (χ0) is 20.9. The first-order chi connectivity index (χ1) is 14.7. The van der Waals surface area contributed by atoms with Gasteiger partial charge >= 0.3 is 0 Å². The number of halogens is 1. The number of allylic oxidation sites excluding steroid dienone is 2. The lowest BCUT2D eigenvalue weighted by atomic mass is 9.82. The first-order valence-corrected chi connectivity index (χ1v) is 11.4. The molecular formula is C29H31F. The monoisotopic (exact) mass is 398 g/mol. The second-order valence-electron chi connectivity index (χ2n) is 8.42. The summed E-state index contributed by atoms with van der Waals surface area (Å²) in [5.74, 6) is 0.673. The fourth-order valence-electron chi connectivity index (χ4n) is 4.68. The third-order valence-corrected chi connectivity index (χ3v) is 6.44. The fraction of sp³-hybridized carbons (Fsp3) is 0.310. The maximum absolute atomic E-state index is 16.1. The molecule has 0 spiro atoms.